The number of nitriles is 1. The molecule has 0 amide bonds. The van der Waals surface area contributed by atoms with Crippen molar-refractivity contribution in [2.75, 3.05) is 0 Å². The SMILES string of the molecule is N#Cc1c(F)c(F)c(-c2ccccc2-c2nc3ccccc3c3c2cc(-c2ccccc2)c2nc(-c4ccccc4)c(-c4ccccc4)nc23)c(F)c1F. The Balaban J connectivity index is 1.47. The topological polar surface area (TPSA) is 62.5 Å². The Morgan fingerprint density at radius 3 is 1.52 bits per heavy atom. The van der Waals surface area contributed by atoms with Crippen molar-refractivity contribution in [2.24, 2.45) is 0 Å². The average molecular weight is 709 g/mol. The highest BCUT2D eigenvalue weighted by Gasteiger charge is 2.29. The van der Waals surface area contributed by atoms with E-state index in [9.17, 15) is 5.26 Å². The van der Waals surface area contributed by atoms with Gasteiger partial charge in [-0.3, -0.25) is 0 Å². The molecule has 0 bridgehead atoms. The van der Waals surface area contributed by atoms with Crippen molar-refractivity contribution in [1.82, 2.24) is 15.0 Å². The molecule has 256 valence electrons. The van der Waals surface area contributed by atoms with Gasteiger partial charge in [0.05, 0.1) is 39.2 Å². The van der Waals surface area contributed by atoms with Gasteiger partial charge in [0.1, 0.15) is 11.6 Å². The summed E-state index contributed by atoms with van der Waals surface area (Å²) >= 11 is 0. The summed E-state index contributed by atoms with van der Waals surface area (Å²) in [5, 5.41) is 11.3. The van der Waals surface area contributed by atoms with Gasteiger partial charge >= 0.3 is 0 Å². The predicted molar refractivity (Wildman–Crippen MR) is 204 cm³/mol. The van der Waals surface area contributed by atoms with Crippen LogP contribution < -0.4 is 0 Å². The molecular weight excluding hydrogens is 685 g/mol. The number of benzene rings is 7. The molecule has 0 unspecified atom stereocenters. The second kappa shape index (κ2) is 13.1. The van der Waals surface area contributed by atoms with E-state index < -0.39 is 34.4 Å². The number of halogens is 4. The van der Waals surface area contributed by atoms with E-state index in [0.29, 0.717) is 44.4 Å². The maximum Gasteiger partial charge on any atom is 0.180 e. The highest BCUT2D eigenvalue weighted by molar-refractivity contribution is 6.24. The van der Waals surface area contributed by atoms with Crippen molar-refractivity contribution in [3.05, 3.63) is 174 Å². The molecule has 0 aliphatic rings. The van der Waals surface area contributed by atoms with Crippen LogP contribution in [0.2, 0.25) is 0 Å². The first-order valence-corrected chi connectivity index (χ1v) is 17.0. The third-order valence-corrected chi connectivity index (χ3v) is 9.61. The molecule has 0 atom stereocenters. The fraction of sp³-hybridized carbons (Fsp3) is 0. The van der Waals surface area contributed by atoms with E-state index in [2.05, 4.69) is 0 Å². The molecule has 0 aliphatic heterocycles. The van der Waals surface area contributed by atoms with Crippen LogP contribution in [0.15, 0.2) is 146 Å². The van der Waals surface area contributed by atoms with Crippen LogP contribution in [0.1, 0.15) is 5.56 Å². The van der Waals surface area contributed by atoms with Crippen LogP contribution in [-0.4, -0.2) is 15.0 Å². The second-order valence-electron chi connectivity index (χ2n) is 12.7. The van der Waals surface area contributed by atoms with E-state index in [4.69, 9.17) is 15.0 Å². The molecule has 0 radical (unpaired) electrons. The number of hydrogen-bond acceptors (Lipinski definition) is 4. The molecule has 2 aromatic heterocycles. The van der Waals surface area contributed by atoms with Crippen LogP contribution >= 0.6 is 0 Å². The smallest absolute Gasteiger partial charge is 0.180 e. The molecule has 8 heteroatoms. The van der Waals surface area contributed by atoms with Crippen LogP contribution in [-0.2, 0) is 0 Å². The predicted octanol–water partition coefficient (Wildman–Crippen LogP) is 12.1. The molecule has 54 heavy (non-hydrogen) atoms. The first-order valence-electron chi connectivity index (χ1n) is 17.0. The summed E-state index contributed by atoms with van der Waals surface area (Å²) < 4.78 is 61.7. The van der Waals surface area contributed by atoms with Crippen molar-refractivity contribution in [1.29, 1.82) is 5.26 Å². The Labute approximate surface area is 306 Å². The van der Waals surface area contributed by atoms with Gasteiger partial charge in [-0.2, -0.15) is 5.26 Å². The molecule has 0 N–H and O–H groups in total. The van der Waals surface area contributed by atoms with E-state index in [1.54, 1.807) is 12.1 Å². The van der Waals surface area contributed by atoms with Crippen molar-refractivity contribution >= 4 is 32.7 Å². The Kier molecular flexibility index (Phi) is 7.90. The Hall–Kier alpha value is -7.24. The first kappa shape index (κ1) is 32.7. The van der Waals surface area contributed by atoms with Gasteiger partial charge in [-0.15, -0.1) is 0 Å². The van der Waals surface area contributed by atoms with Gasteiger partial charge in [-0.05, 0) is 23.3 Å². The van der Waals surface area contributed by atoms with E-state index in [1.165, 1.54) is 18.2 Å². The highest BCUT2D eigenvalue weighted by atomic mass is 19.2. The van der Waals surface area contributed by atoms with Gasteiger partial charge in [-0.1, -0.05) is 133 Å². The minimum absolute atomic E-state index is 0.143. The van der Waals surface area contributed by atoms with Crippen LogP contribution in [0, 0.1) is 34.6 Å². The Bertz CT molecular complexity index is 2950. The number of fused-ring (bicyclic) bond motifs is 5. The van der Waals surface area contributed by atoms with Gasteiger partial charge in [0.15, 0.2) is 23.3 Å². The summed E-state index contributed by atoms with van der Waals surface area (Å²) in [4.78, 5) is 15.9. The standard InChI is InChI=1S/C46H24F4N4/c47-38-34(25-51)39(48)41(50)37(40(38)49)29-20-10-11-21-30(29)44-33-24-32(26-14-4-1-5-15-26)45-46(36(33)31-22-12-13-23-35(31)52-44)54-43(28-18-8-3-9-19-28)42(53-45)27-16-6-2-7-17-27/h1-24H. The lowest BCUT2D eigenvalue weighted by atomic mass is 9.90. The second-order valence-corrected chi connectivity index (χ2v) is 12.7. The lowest BCUT2D eigenvalue weighted by Crippen LogP contribution is -2.05. The van der Waals surface area contributed by atoms with Gasteiger partial charge in [0.25, 0.3) is 0 Å². The molecule has 0 saturated heterocycles. The van der Waals surface area contributed by atoms with Crippen molar-refractivity contribution in [2.45, 2.75) is 0 Å². The largest absolute Gasteiger partial charge is 0.247 e. The molecule has 0 aliphatic carbocycles. The number of para-hydroxylation sites is 1. The summed E-state index contributed by atoms with van der Waals surface area (Å²) in [5.74, 6) is -6.89. The third kappa shape index (κ3) is 5.17. The maximum atomic E-state index is 15.7. The first-order chi connectivity index (χ1) is 26.4. The van der Waals surface area contributed by atoms with Crippen molar-refractivity contribution in [3.8, 4) is 62.1 Å². The fourth-order valence-corrected chi connectivity index (χ4v) is 7.14. The van der Waals surface area contributed by atoms with Crippen molar-refractivity contribution < 1.29 is 17.6 Å². The summed E-state index contributed by atoms with van der Waals surface area (Å²) in [6, 6.07) is 46.1. The average Bonchev–Trinajstić information content (AvgIpc) is 3.23. The molecule has 2 heterocycles. The fourth-order valence-electron chi connectivity index (χ4n) is 7.14. The Morgan fingerprint density at radius 2 is 0.926 bits per heavy atom. The molecule has 9 aromatic rings. The van der Waals surface area contributed by atoms with E-state index in [-0.39, 0.29) is 11.1 Å². The minimum atomic E-state index is -1.77. The third-order valence-electron chi connectivity index (χ3n) is 9.61. The van der Waals surface area contributed by atoms with E-state index >= 15 is 17.6 Å². The van der Waals surface area contributed by atoms with Gasteiger partial charge in [0.2, 0.25) is 0 Å². The van der Waals surface area contributed by atoms with Gasteiger partial charge in [0, 0.05) is 38.4 Å². The zero-order valence-corrected chi connectivity index (χ0v) is 28.2. The number of nitrogens with zero attached hydrogens (tertiary/aromatic N) is 4. The molecule has 9 rings (SSSR count). The zero-order chi connectivity index (χ0) is 36.9. The summed E-state index contributed by atoms with van der Waals surface area (Å²) in [6.45, 7) is 0. The Morgan fingerprint density at radius 1 is 0.426 bits per heavy atom. The van der Waals surface area contributed by atoms with Gasteiger partial charge < -0.3 is 0 Å². The minimum Gasteiger partial charge on any atom is -0.247 e. The number of rotatable bonds is 5. The summed E-state index contributed by atoms with van der Waals surface area (Å²) in [5.41, 5.74) is 4.47. The normalized spacial score (nSPS) is 11.3. The van der Waals surface area contributed by atoms with Crippen LogP contribution in [0.5, 0.6) is 0 Å². The van der Waals surface area contributed by atoms with Crippen molar-refractivity contribution in [3.63, 3.8) is 0 Å². The quantitative estimate of drug-likeness (QED) is 0.101. The molecule has 0 saturated carbocycles. The number of aromatic nitrogens is 3. The molecule has 7 aromatic carbocycles. The van der Waals surface area contributed by atoms with Gasteiger partial charge in [-0.25, -0.2) is 32.5 Å². The van der Waals surface area contributed by atoms with E-state index in [0.717, 1.165) is 27.6 Å². The summed E-state index contributed by atoms with van der Waals surface area (Å²) in [6.07, 6.45) is 0. The van der Waals surface area contributed by atoms with Crippen LogP contribution in [0.4, 0.5) is 17.6 Å². The monoisotopic (exact) mass is 708 g/mol. The molecule has 0 spiro atoms. The highest BCUT2D eigenvalue weighted by Crippen LogP contribution is 2.45. The number of hydrogen-bond donors (Lipinski definition) is 0. The van der Waals surface area contributed by atoms with Crippen LogP contribution in [0.3, 0.4) is 0 Å². The lowest BCUT2D eigenvalue weighted by Gasteiger charge is -2.19. The molecular formula is C46H24F4N4. The lowest BCUT2D eigenvalue weighted by molar-refractivity contribution is 0.454. The molecule has 4 nitrogen and oxygen atoms in total. The van der Waals surface area contributed by atoms with E-state index in [1.807, 2.05) is 121 Å². The maximum absolute atomic E-state index is 15.7. The molecule has 0 fully saturated rings. The number of pyridine rings is 1. The zero-order valence-electron chi connectivity index (χ0n) is 28.2. The van der Waals surface area contributed by atoms with Crippen LogP contribution in [0.25, 0.3) is 88.7 Å². The summed E-state index contributed by atoms with van der Waals surface area (Å²) in [7, 11) is 0.